The third-order valence-electron chi connectivity index (χ3n) is 4.74. The fraction of sp³-hybridized carbons (Fsp3) is 0.600. The van der Waals surface area contributed by atoms with Crippen LogP contribution in [0.15, 0.2) is 18.2 Å². The molecule has 3 aliphatic heterocycles. The summed E-state index contributed by atoms with van der Waals surface area (Å²) in [6.45, 7) is 7.65. The summed E-state index contributed by atoms with van der Waals surface area (Å²) >= 11 is 0. The van der Waals surface area contributed by atoms with Gasteiger partial charge in [0.05, 0.1) is 13.1 Å². The van der Waals surface area contributed by atoms with Gasteiger partial charge in [-0.05, 0) is 25.0 Å². The fourth-order valence-electron chi connectivity index (χ4n) is 3.82. The third-order valence-corrected chi connectivity index (χ3v) is 4.74. The summed E-state index contributed by atoms with van der Waals surface area (Å²) in [6.07, 6.45) is 2.36. The average Bonchev–Trinajstić information content (AvgIpc) is 2.29. The number of rotatable bonds is 1. The van der Waals surface area contributed by atoms with E-state index in [-0.39, 0.29) is 0 Å². The summed E-state index contributed by atoms with van der Waals surface area (Å²) < 4.78 is 0. The Morgan fingerprint density at radius 1 is 1.24 bits per heavy atom. The van der Waals surface area contributed by atoms with Gasteiger partial charge in [0.25, 0.3) is 0 Å². The number of aryl methyl sites for hydroxylation is 2. The van der Waals surface area contributed by atoms with Crippen LogP contribution in [-0.2, 0) is 5.60 Å². The van der Waals surface area contributed by atoms with E-state index >= 15 is 0 Å². The van der Waals surface area contributed by atoms with Crippen molar-refractivity contribution in [2.24, 2.45) is 5.92 Å². The van der Waals surface area contributed by atoms with Crippen LogP contribution < -0.4 is 4.90 Å². The highest BCUT2D eigenvalue weighted by Crippen LogP contribution is 2.38. The SMILES string of the molecule is Cc1ccc([C@]2(O)C[NH+]3CCC2CC3)c(C)c1. The summed E-state index contributed by atoms with van der Waals surface area (Å²) in [5.41, 5.74) is 3.14. The number of quaternary nitrogens is 1. The first kappa shape index (κ1) is 11.2. The van der Waals surface area contributed by atoms with Crippen molar-refractivity contribution < 1.29 is 10.0 Å². The predicted octanol–water partition coefficient (Wildman–Crippen LogP) is 0.800. The van der Waals surface area contributed by atoms with E-state index in [0.29, 0.717) is 5.92 Å². The van der Waals surface area contributed by atoms with Gasteiger partial charge in [-0.2, -0.15) is 0 Å². The van der Waals surface area contributed by atoms with Crippen LogP contribution in [0.25, 0.3) is 0 Å². The van der Waals surface area contributed by atoms with Crippen molar-refractivity contribution >= 4 is 0 Å². The summed E-state index contributed by atoms with van der Waals surface area (Å²) in [7, 11) is 0. The molecule has 1 aromatic carbocycles. The quantitative estimate of drug-likeness (QED) is 0.735. The molecule has 2 heteroatoms. The Balaban J connectivity index is 2.02. The lowest BCUT2D eigenvalue weighted by atomic mass is 9.70. The average molecular weight is 232 g/mol. The normalized spacial score (nSPS) is 36.2. The molecule has 0 spiro atoms. The molecule has 0 radical (unpaired) electrons. The Labute approximate surface area is 103 Å². The zero-order valence-electron chi connectivity index (χ0n) is 10.8. The lowest BCUT2D eigenvalue weighted by molar-refractivity contribution is -0.927. The van der Waals surface area contributed by atoms with Gasteiger partial charge in [0, 0.05) is 18.8 Å². The number of hydrogen-bond acceptors (Lipinski definition) is 1. The van der Waals surface area contributed by atoms with Gasteiger partial charge >= 0.3 is 0 Å². The molecular weight excluding hydrogens is 210 g/mol. The maximum absolute atomic E-state index is 11.1. The van der Waals surface area contributed by atoms with Crippen LogP contribution in [0.2, 0.25) is 0 Å². The summed E-state index contributed by atoms with van der Waals surface area (Å²) in [6, 6.07) is 6.47. The Hall–Kier alpha value is -0.860. The highest BCUT2D eigenvalue weighted by Gasteiger charge is 2.49. The third kappa shape index (κ3) is 1.71. The highest BCUT2D eigenvalue weighted by atomic mass is 16.3. The fourth-order valence-corrected chi connectivity index (χ4v) is 3.82. The lowest BCUT2D eigenvalue weighted by Gasteiger charge is -2.48. The number of nitrogens with one attached hydrogen (secondary N) is 1. The van der Waals surface area contributed by atoms with Gasteiger partial charge in [-0.3, -0.25) is 0 Å². The number of fused-ring (bicyclic) bond motifs is 3. The molecule has 2 bridgehead atoms. The van der Waals surface area contributed by atoms with E-state index in [4.69, 9.17) is 0 Å². The van der Waals surface area contributed by atoms with E-state index in [1.54, 1.807) is 4.90 Å². The van der Waals surface area contributed by atoms with Crippen LogP contribution in [0, 0.1) is 19.8 Å². The molecule has 2 nitrogen and oxygen atoms in total. The van der Waals surface area contributed by atoms with Gasteiger partial charge in [0.1, 0.15) is 12.1 Å². The maximum Gasteiger partial charge on any atom is 0.142 e. The molecule has 92 valence electrons. The molecular formula is C15H22NO+. The summed E-state index contributed by atoms with van der Waals surface area (Å²) in [5.74, 6) is 0.474. The van der Waals surface area contributed by atoms with Gasteiger partial charge in [-0.1, -0.05) is 23.8 Å². The van der Waals surface area contributed by atoms with Crippen LogP contribution in [0.5, 0.6) is 0 Å². The molecule has 1 atom stereocenters. The number of aliphatic hydroxyl groups is 1. The van der Waals surface area contributed by atoms with E-state index in [0.717, 1.165) is 6.54 Å². The molecule has 2 N–H and O–H groups in total. The van der Waals surface area contributed by atoms with Crippen molar-refractivity contribution in [3.05, 3.63) is 34.9 Å². The Kier molecular flexibility index (Phi) is 2.53. The first-order valence-electron chi connectivity index (χ1n) is 6.73. The van der Waals surface area contributed by atoms with Gasteiger partial charge in [-0.25, -0.2) is 0 Å². The Morgan fingerprint density at radius 3 is 2.47 bits per heavy atom. The predicted molar refractivity (Wildman–Crippen MR) is 68.1 cm³/mol. The van der Waals surface area contributed by atoms with Crippen molar-refractivity contribution in [1.82, 2.24) is 0 Å². The molecule has 0 aliphatic carbocycles. The van der Waals surface area contributed by atoms with Crippen molar-refractivity contribution in [1.29, 1.82) is 0 Å². The minimum Gasteiger partial charge on any atom is -0.379 e. The van der Waals surface area contributed by atoms with Crippen molar-refractivity contribution in [3.8, 4) is 0 Å². The van der Waals surface area contributed by atoms with Gasteiger partial charge in [0.15, 0.2) is 0 Å². The van der Waals surface area contributed by atoms with Crippen LogP contribution in [-0.4, -0.2) is 24.7 Å². The van der Waals surface area contributed by atoms with E-state index in [2.05, 4.69) is 32.0 Å². The first-order valence-corrected chi connectivity index (χ1v) is 6.73. The van der Waals surface area contributed by atoms with E-state index < -0.39 is 5.60 Å². The minimum absolute atomic E-state index is 0.474. The molecule has 3 aliphatic rings. The second-order valence-corrected chi connectivity index (χ2v) is 5.94. The molecule has 0 aromatic heterocycles. The summed E-state index contributed by atoms with van der Waals surface area (Å²) in [5, 5.41) is 11.1. The second-order valence-electron chi connectivity index (χ2n) is 5.94. The molecule has 3 heterocycles. The molecule has 3 fully saturated rings. The zero-order valence-corrected chi connectivity index (χ0v) is 10.8. The standard InChI is InChI=1S/C15H21NO/c1-11-3-4-14(12(2)9-11)15(17)10-16-7-5-13(15)6-8-16/h3-4,9,13,17H,5-8,10H2,1-2H3/p+1/t15-/m0/s1. The topological polar surface area (TPSA) is 24.7 Å². The molecule has 17 heavy (non-hydrogen) atoms. The molecule has 0 saturated carbocycles. The van der Waals surface area contributed by atoms with Crippen molar-refractivity contribution in [2.75, 3.05) is 19.6 Å². The van der Waals surface area contributed by atoms with Crippen LogP contribution in [0.4, 0.5) is 0 Å². The summed E-state index contributed by atoms with van der Waals surface area (Å²) in [4.78, 5) is 1.58. The highest BCUT2D eigenvalue weighted by molar-refractivity contribution is 5.35. The largest absolute Gasteiger partial charge is 0.379 e. The lowest BCUT2D eigenvalue weighted by Crippen LogP contribution is -3.17. The number of benzene rings is 1. The Bertz CT molecular complexity index is 435. The van der Waals surface area contributed by atoms with Crippen LogP contribution in [0.3, 0.4) is 0 Å². The molecule has 4 rings (SSSR count). The molecule has 0 unspecified atom stereocenters. The van der Waals surface area contributed by atoms with E-state index in [9.17, 15) is 5.11 Å². The van der Waals surface area contributed by atoms with Crippen molar-refractivity contribution in [2.45, 2.75) is 32.3 Å². The Morgan fingerprint density at radius 2 is 1.94 bits per heavy atom. The minimum atomic E-state index is -0.566. The molecule has 1 aromatic rings. The number of piperidine rings is 3. The maximum atomic E-state index is 11.1. The van der Waals surface area contributed by atoms with Crippen molar-refractivity contribution in [3.63, 3.8) is 0 Å². The first-order chi connectivity index (χ1) is 8.09. The smallest absolute Gasteiger partial charge is 0.142 e. The van der Waals surface area contributed by atoms with Crippen LogP contribution in [0.1, 0.15) is 29.5 Å². The molecule has 0 amide bonds. The van der Waals surface area contributed by atoms with Crippen LogP contribution >= 0.6 is 0 Å². The van der Waals surface area contributed by atoms with Gasteiger partial charge in [0.2, 0.25) is 0 Å². The van der Waals surface area contributed by atoms with E-state index in [1.165, 1.54) is 42.6 Å². The monoisotopic (exact) mass is 232 g/mol. The second kappa shape index (κ2) is 3.82. The van der Waals surface area contributed by atoms with Gasteiger partial charge in [-0.15, -0.1) is 0 Å². The molecule has 3 saturated heterocycles. The van der Waals surface area contributed by atoms with Gasteiger partial charge < -0.3 is 10.0 Å². The number of hydrogen-bond donors (Lipinski definition) is 2. The zero-order chi connectivity index (χ0) is 12.0. The van der Waals surface area contributed by atoms with E-state index in [1.807, 2.05) is 0 Å².